The molecule has 0 bridgehead atoms. The molecule has 2 unspecified atom stereocenters. The summed E-state index contributed by atoms with van der Waals surface area (Å²) in [4.78, 5) is 31.1. The highest BCUT2D eigenvalue weighted by Crippen LogP contribution is 2.65. The van der Waals surface area contributed by atoms with E-state index in [-0.39, 0.29) is 59.6 Å². The predicted molar refractivity (Wildman–Crippen MR) is 172 cm³/mol. The average Bonchev–Trinajstić information content (AvgIpc) is 3.28. The Hall–Kier alpha value is -1.52. The molecule has 2 heterocycles. The molecule has 0 aromatic carbocycles. The van der Waals surface area contributed by atoms with Gasteiger partial charge in [-0.1, -0.05) is 45.8 Å². The highest BCUT2D eigenvalue weighted by Gasteiger charge is 2.60. The van der Waals surface area contributed by atoms with Crippen molar-refractivity contribution in [3.05, 3.63) is 11.6 Å². The number of carbonyl (C=O) groups is 2. The van der Waals surface area contributed by atoms with Crippen molar-refractivity contribution < 1.29 is 43.8 Å². The number of ether oxygens (including phenoxy) is 4. The minimum absolute atomic E-state index is 0.0118. The molecule has 0 spiro atoms. The van der Waals surface area contributed by atoms with Crippen LogP contribution in [0.2, 0.25) is 0 Å². The van der Waals surface area contributed by atoms with Crippen molar-refractivity contribution in [1.82, 2.24) is 0 Å². The van der Waals surface area contributed by atoms with Gasteiger partial charge in [0.1, 0.15) is 6.10 Å². The summed E-state index contributed by atoms with van der Waals surface area (Å²) in [6.45, 7) is 10.8. The van der Waals surface area contributed by atoms with Crippen molar-refractivity contribution in [2.75, 3.05) is 0 Å². The van der Waals surface area contributed by atoms with Gasteiger partial charge in [0.2, 0.25) is 12.1 Å². The molecule has 9 heteroatoms. The summed E-state index contributed by atoms with van der Waals surface area (Å²) in [6.07, 6.45) is 12.1. The zero-order valence-electron chi connectivity index (χ0n) is 29.2. The molecule has 7 aliphatic rings. The maximum Gasteiger partial charge on any atom is 0.308 e. The lowest BCUT2D eigenvalue weighted by atomic mass is 9.48. The van der Waals surface area contributed by atoms with E-state index in [1.807, 2.05) is 0 Å². The Morgan fingerprint density at radius 1 is 0.872 bits per heavy atom. The first-order valence-corrected chi connectivity index (χ1v) is 18.8. The van der Waals surface area contributed by atoms with Gasteiger partial charge < -0.3 is 24.1 Å². The Balaban J connectivity index is 0.939. The van der Waals surface area contributed by atoms with E-state index < -0.39 is 24.3 Å². The molecule has 0 amide bonds. The van der Waals surface area contributed by atoms with Crippen LogP contribution in [0.3, 0.4) is 0 Å². The van der Waals surface area contributed by atoms with Gasteiger partial charge in [-0.25, -0.2) is 10.1 Å². The van der Waals surface area contributed by atoms with E-state index in [2.05, 4.69) is 33.8 Å². The van der Waals surface area contributed by atoms with Gasteiger partial charge in [0.05, 0.1) is 18.9 Å². The number of aliphatic hydroxyl groups is 1. The second-order valence-corrected chi connectivity index (χ2v) is 17.3. The smallest absolute Gasteiger partial charge is 0.308 e. The lowest BCUT2D eigenvalue weighted by Crippen LogP contribution is -2.54. The number of carbonyl (C=O) groups excluding carboxylic acids is 2. The lowest BCUT2D eigenvalue weighted by Gasteiger charge is -2.57. The summed E-state index contributed by atoms with van der Waals surface area (Å²) in [5.74, 6) is 1.06. The maximum atomic E-state index is 13.2. The van der Waals surface area contributed by atoms with Crippen LogP contribution in [-0.4, -0.2) is 52.9 Å². The van der Waals surface area contributed by atoms with Gasteiger partial charge in [0.25, 0.3) is 0 Å². The van der Waals surface area contributed by atoms with Gasteiger partial charge in [-0.05, 0) is 112 Å². The van der Waals surface area contributed by atoms with Crippen LogP contribution in [0, 0.1) is 58.2 Å². The van der Waals surface area contributed by atoms with E-state index in [1.165, 1.54) is 5.57 Å². The SMILES string of the molecule is C[C@H]1[C@H](OC(=O)CCC(=O)O[C@H]2CC[C@H]3[C@@H]4CC=C5C[C@@H](O)CC[C@]5(C)[C@H]4CC[C@]23C)OC2O[C@](C)(OO)CC[C@@H]3C2[C@H]1CC[C@H]3C. The van der Waals surface area contributed by atoms with Crippen LogP contribution in [0.4, 0.5) is 0 Å². The first-order valence-electron chi connectivity index (χ1n) is 18.8. The summed E-state index contributed by atoms with van der Waals surface area (Å²) >= 11 is 0. The molecule has 7 rings (SSSR count). The minimum Gasteiger partial charge on any atom is -0.462 e. The first kappa shape index (κ1) is 34.0. The van der Waals surface area contributed by atoms with E-state index in [0.29, 0.717) is 36.0 Å². The van der Waals surface area contributed by atoms with E-state index in [0.717, 1.165) is 70.6 Å². The minimum atomic E-state index is -1.17. The number of rotatable bonds is 6. The highest BCUT2D eigenvalue weighted by molar-refractivity contribution is 5.77. The van der Waals surface area contributed by atoms with E-state index in [4.69, 9.17) is 23.8 Å². The van der Waals surface area contributed by atoms with Crippen molar-refractivity contribution in [3.8, 4) is 0 Å². The summed E-state index contributed by atoms with van der Waals surface area (Å²) < 4.78 is 24.6. The quantitative estimate of drug-likeness (QED) is 0.133. The second-order valence-electron chi connectivity index (χ2n) is 17.3. The first-order chi connectivity index (χ1) is 22.3. The van der Waals surface area contributed by atoms with Crippen molar-refractivity contribution in [2.24, 2.45) is 58.2 Å². The largest absolute Gasteiger partial charge is 0.462 e. The third-order valence-corrected chi connectivity index (χ3v) is 14.9. The standard InChI is InChI=1S/C38H58O9/c1-21-6-8-26-22(2)34(45-35-33(26)25(21)15-19-38(5,46-35)47-42)44-32(41)13-12-31(40)43-30-11-10-28-27-9-7-23-20-24(39)14-17-36(23,3)29(27)16-18-37(28,30)4/h7,21-22,24-30,33-35,39,42H,6,8-20H2,1-5H3/t21-,22-,24+,25+,26+,27+,28+,29+,30+,33?,34-,35?,36+,37+,38-/m1/s1. The topological polar surface area (TPSA) is 121 Å². The normalized spacial score (nSPS) is 50.5. The van der Waals surface area contributed by atoms with Gasteiger partial charge in [0, 0.05) is 23.7 Å². The zero-order valence-corrected chi connectivity index (χ0v) is 29.2. The Morgan fingerprint density at radius 3 is 2.40 bits per heavy atom. The number of hydrogen-bond donors (Lipinski definition) is 2. The van der Waals surface area contributed by atoms with E-state index >= 15 is 0 Å². The maximum absolute atomic E-state index is 13.2. The molecule has 264 valence electrons. The number of aliphatic hydroxyl groups excluding tert-OH is 1. The zero-order chi connectivity index (χ0) is 33.3. The number of esters is 2. The van der Waals surface area contributed by atoms with Gasteiger partial charge in [0.15, 0.2) is 6.29 Å². The molecule has 2 aliphatic heterocycles. The highest BCUT2D eigenvalue weighted by atomic mass is 17.1. The van der Waals surface area contributed by atoms with Crippen molar-refractivity contribution >= 4 is 11.9 Å². The number of allylic oxidation sites excluding steroid dienone is 1. The van der Waals surface area contributed by atoms with Crippen LogP contribution >= 0.6 is 0 Å². The van der Waals surface area contributed by atoms with Gasteiger partial charge in [-0.15, -0.1) is 0 Å². The van der Waals surface area contributed by atoms with Gasteiger partial charge >= 0.3 is 11.9 Å². The summed E-state index contributed by atoms with van der Waals surface area (Å²) in [5.41, 5.74) is 1.61. The van der Waals surface area contributed by atoms with Crippen LogP contribution < -0.4 is 0 Å². The van der Waals surface area contributed by atoms with E-state index in [9.17, 15) is 20.0 Å². The predicted octanol–water partition coefficient (Wildman–Crippen LogP) is 7.16. The van der Waals surface area contributed by atoms with Crippen LogP contribution in [0.25, 0.3) is 0 Å². The molecule has 6 fully saturated rings. The van der Waals surface area contributed by atoms with E-state index in [1.54, 1.807) is 6.92 Å². The Labute approximate surface area is 280 Å². The molecule has 47 heavy (non-hydrogen) atoms. The molecule has 0 aromatic rings. The fourth-order valence-electron chi connectivity index (χ4n) is 12.0. The summed E-state index contributed by atoms with van der Waals surface area (Å²) in [5, 5.41) is 19.9. The molecule has 5 aliphatic carbocycles. The Bertz CT molecular complexity index is 1240. The lowest BCUT2D eigenvalue weighted by molar-refractivity contribution is -0.442. The molecule has 9 nitrogen and oxygen atoms in total. The third-order valence-electron chi connectivity index (χ3n) is 14.9. The summed E-state index contributed by atoms with van der Waals surface area (Å²) in [6, 6.07) is 0. The molecule has 0 radical (unpaired) electrons. The summed E-state index contributed by atoms with van der Waals surface area (Å²) in [7, 11) is 0. The van der Waals surface area contributed by atoms with Crippen LogP contribution in [0.15, 0.2) is 11.6 Å². The molecule has 15 atom stereocenters. The van der Waals surface area contributed by atoms with Gasteiger partial charge in [-0.3, -0.25) is 9.59 Å². The molecule has 2 saturated heterocycles. The monoisotopic (exact) mass is 658 g/mol. The van der Waals surface area contributed by atoms with Crippen molar-refractivity contribution in [2.45, 2.75) is 155 Å². The average molecular weight is 659 g/mol. The van der Waals surface area contributed by atoms with Gasteiger partial charge in [-0.2, -0.15) is 0 Å². The fraction of sp³-hybridized carbons (Fsp3) is 0.895. The number of fused-ring (bicyclic) bond motifs is 5. The molecule has 0 aromatic heterocycles. The third kappa shape index (κ3) is 5.92. The fourth-order valence-corrected chi connectivity index (χ4v) is 12.0. The molecule has 2 N–H and O–H groups in total. The van der Waals surface area contributed by atoms with Crippen molar-refractivity contribution in [3.63, 3.8) is 0 Å². The number of hydrogen-bond acceptors (Lipinski definition) is 9. The van der Waals surface area contributed by atoms with Crippen LogP contribution in [0.5, 0.6) is 0 Å². The Morgan fingerprint density at radius 2 is 1.64 bits per heavy atom. The molecular formula is C38H58O9. The van der Waals surface area contributed by atoms with Crippen LogP contribution in [-0.2, 0) is 33.4 Å². The van der Waals surface area contributed by atoms with Crippen molar-refractivity contribution in [1.29, 1.82) is 0 Å². The molecule has 4 saturated carbocycles. The van der Waals surface area contributed by atoms with Crippen LogP contribution in [0.1, 0.15) is 125 Å². The molecular weight excluding hydrogens is 600 g/mol. The Kier molecular flexibility index (Phi) is 9.15. The second kappa shape index (κ2) is 12.7.